The molecule has 0 spiro atoms. The van der Waals surface area contributed by atoms with Crippen LogP contribution in [0, 0.1) is 0 Å². The Balaban J connectivity index is 2.32. The Hall–Kier alpha value is -0.480. The van der Waals surface area contributed by atoms with E-state index in [0.717, 1.165) is 20.8 Å². The van der Waals surface area contributed by atoms with Gasteiger partial charge in [-0.25, -0.2) is 0 Å². The number of nitrogens with two attached hydrogens (primary N) is 1. The lowest BCUT2D eigenvalue weighted by molar-refractivity contribution is 0.729. The minimum absolute atomic E-state index is 0.139. The van der Waals surface area contributed by atoms with Crippen molar-refractivity contribution < 1.29 is 0 Å². The van der Waals surface area contributed by atoms with Crippen LogP contribution < -0.4 is 5.73 Å². The first-order valence-electron chi connectivity index (χ1n) is 6.02. The zero-order valence-corrected chi connectivity index (χ0v) is 13.7. The van der Waals surface area contributed by atoms with Gasteiger partial charge in [-0.05, 0) is 49.2 Å². The molecule has 2 N–H and O–H groups in total. The van der Waals surface area contributed by atoms with Crippen LogP contribution in [-0.2, 0) is 6.42 Å². The molecule has 0 aromatic heterocycles. The van der Waals surface area contributed by atoms with Gasteiger partial charge in [0, 0.05) is 20.3 Å². The molecule has 2 rings (SSSR count). The lowest BCUT2D eigenvalue weighted by atomic mass is 10.1. The van der Waals surface area contributed by atoms with E-state index in [2.05, 4.69) is 28.1 Å². The molecule has 0 aliphatic heterocycles. The van der Waals surface area contributed by atoms with Crippen LogP contribution in [-0.4, -0.2) is 6.04 Å². The third-order valence-corrected chi connectivity index (χ3v) is 4.75. The maximum atomic E-state index is 6.21. The topological polar surface area (TPSA) is 26.0 Å². The van der Waals surface area contributed by atoms with E-state index in [1.165, 1.54) is 10.5 Å². The molecular weight excluding hydrogens is 342 g/mol. The van der Waals surface area contributed by atoms with Crippen molar-refractivity contribution in [3.05, 3.63) is 57.5 Å². The van der Waals surface area contributed by atoms with Crippen molar-refractivity contribution in [2.45, 2.75) is 29.2 Å². The third-order valence-electron chi connectivity index (χ3n) is 2.62. The average molecular weight is 357 g/mol. The molecule has 100 valence electrons. The molecule has 1 nitrogen and oxygen atoms in total. The van der Waals surface area contributed by atoms with E-state index in [9.17, 15) is 0 Å². The molecule has 0 saturated heterocycles. The van der Waals surface area contributed by atoms with E-state index in [-0.39, 0.29) is 6.04 Å². The normalized spacial score (nSPS) is 12.4. The summed E-state index contributed by atoms with van der Waals surface area (Å²) in [5.41, 5.74) is 7.16. The fourth-order valence-corrected chi connectivity index (χ4v) is 3.42. The standard InChI is InChI=1S/C15H15BrClNS/c1-10(18)8-11-9-12(16)6-7-14(11)19-15-5-3-2-4-13(15)17/h2-7,9-10H,8,18H2,1H3. The Morgan fingerprint density at radius 3 is 2.63 bits per heavy atom. The maximum Gasteiger partial charge on any atom is 0.0545 e. The summed E-state index contributed by atoms with van der Waals surface area (Å²) in [4.78, 5) is 2.27. The molecule has 0 aliphatic carbocycles. The van der Waals surface area contributed by atoms with E-state index in [1.807, 2.05) is 37.3 Å². The Labute approximate surface area is 131 Å². The first-order chi connectivity index (χ1) is 9.06. The third kappa shape index (κ3) is 4.25. The lowest BCUT2D eigenvalue weighted by Gasteiger charge is -2.12. The molecule has 0 saturated carbocycles. The first kappa shape index (κ1) is 14.9. The van der Waals surface area contributed by atoms with E-state index in [4.69, 9.17) is 17.3 Å². The molecule has 4 heteroatoms. The smallest absolute Gasteiger partial charge is 0.0545 e. The van der Waals surface area contributed by atoms with Crippen molar-refractivity contribution in [1.29, 1.82) is 0 Å². The second kappa shape index (κ2) is 6.80. The summed E-state index contributed by atoms with van der Waals surface area (Å²) in [5, 5.41) is 0.780. The van der Waals surface area contributed by atoms with Crippen molar-refractivity contribution in [2.75, 3.05) is 0 Å². The van der Waals surface area contributed by atoms with Gasteiger partial charge >= 0.3 is 0 Å². The summed E-state index contributed by atoms with van der Waals surface area (Å²) >= 11 is 11.4. The maximum absolute atomic E-state index is 6.21. The summed E-state index contributed by atoms with van der Waals surface area (Å²) < 4.78 is 1.08. The van der Waals surface area contributed by atoms with E-state index < -0.39 is 0 Å². The second-order valence-electron chi connectivity index (χ2n) is 4.47. The van der Waals surface area contributed by atoms with Gasteiger partial charge in [0.2, 0.25) is 0 Å². The van der Waals surface area contributed by atoms with E-state index >= 15 is 0 Å². The molecule has 1 atom stereocenters. The fourth-order valence-electron chi connectivity index (χ4n) is 1.80. The minimum Gasteiger partial charge on any atom is -0.328 e. The summed E-state index contributed by atoms with van der Waals surface area (Å²) in [7, 11) is 0. The van der Waals surface area contributed by atoms with Crippen LogP contribution in [0.15, 0.2) is 56.7 Å². The molecule has 0 fully saturated rings. The van der Waals surface area contributed by atoms with Crippen LogP contribution in [0.3, 0.4) is 0 Å². The second-order valence-corrected chi connectivity index (χ2v) is 6.87. The highest BCUT2D eigenvalue weighted by molar-refractivity contribution is 9.10. The number of benzene rings is 2. The van der Waals surface area contributed by atoms with Crippen LogP contribution in [0.5, 0.6) is 0 Å². The van der Waals surface area contributed by atoms with Gasteiger partial charge in [-0.15, -0.1) is 0 Å². The minimum atomic E-state index is 0.139. The Kier molecular flexibility index (Phi) is 5.34. The van der Waals surface area contributed by atoms with Gasteiger partial charge in [-0.3, -0.25) is 0 Å². The molecule has 19 heavy (non-hydrogen) atoms. The van der Waals surface area contributed by atoms with Crippen molar-refractivity contribution >= 4 is 39.3 Å². The largest absolute Gasteiger partial charge is 0.328 e. The van der Waals surface area contributed by atoms with Crippen molar-refractivity contribution in [1.82, 2.24) is 0 Å². The Morgan fingerprint density at radius 1 is 1.21 bits per heavy atom. The van der Waals surface area contributed by atoms with E-state index in [0.29, 0.717) is 0 Å². The molecule has 0 radical (unpaired) electrons. The summed E-state index contributed by atoms with van der Waals surface area (Å²) in [6, 6.07) is 14.3. The van der Waals surface area contributed by atoms with Crippen molar-refractivity contribution in [3.63, 3.8) is 0 Å². The summed E-state index contributed by atoms with van der Waals surface area (Å²) in [6.45, 7) is 2.02. The molecule has 0 heterocycles. The van der Waals surface area contributed by atoms with Gasteiger partial charge in [0.15, 0.2) is 0 Å². The lowest BCUT2D eigenvalue weighted by Crippen LogP contribution is -2.18. The van der Waals surface area contributed by atoms with Gasteiger partial charge in [0.1, 0.15) is 0 Å². The molecule has 0 aliphatic rings. The monoisotopic (exact) mass is 355 g/mol. The quantitative estimate of drug-likeness (QED) is 0.820. The summed E-state index contributed by atoms with van der Waals surface area (Å²) in [6.07, 6.45) is 0.853. The molecule has 2 aromatic rings. The molecule has 0 amide bonds. The Bertz CT molecular complexity index is 572. The van der Waals surface area contributed by atoms with Gasteiger partial charge in [0.25, 0.3) is 0 Å². The number of halogens is 2. The fraction of sp³-hybridized carbons (Fsp3) is 0.200. The van der Waals surface area contributed by atoms with Gasteiger partial charge in [-0.2, -0.15) is 0 Å². The zero-order chi connectivity index (χ0) is 13.8. The number of hydrogen-bond donors (Lipinski definition) is 1. The number of rotatable bonds is 4. The van der Waals surface area contributed by atoms with Gasteiger partial charge in [-0.1, -0.05) is 51.4 Å². The summed E-state index contributed by atoms with van der Waals surface area (Å²) in [5.74, 6) is 0. The highest BCUT2D eigenvalue weighted by Crippen LogP contribution is 2.36. The van der Waals surface area contributed by atoms with Crippen LogP contribution in [0.2, 0.25) is 5.02 Å². The van der Waals surface area contributed by atoms with Crippen LogP contribution in [0.1, 0.15) is 12.5 Å². The zero-order valence-electron chi connectivity index (χ0n) is 10.6. The molecule has 0 bridgehead atoms. The van der Waals surface area contributed by atoms with Crippen molar-refractivity contribution in [2.24, 2.45) is 5.73 Å². The average Bonchev–Trinajstić information content (AvgIpc) is 2.34. The van der Waals surface area contributed by atoms with Crippen LogP contribution in [0.4, 0.5) is 0 Å². The van der Waals surface area contributed by atoms with Gasteiger partial charge < -0.3 is 5.73 Å². The molecule has 2 aromatic carbocycles. The first-order valence-corrected chi connectivity index (χ1v) is 8.01. The highest BCUT2D eigenvalue weighted by Gasteiger charge is 2.09. The van der Waals surface area contributed by atoms with E-state index in [1.54, 1.807) is 11.8 Å². The van der Waals surface area contributed by atoms with Crippen LogP contribution in [0.25, 0.3) is 0 Å². The molecular formula is C15H15BrClNS. The van der Waals surface area contributed by atoms with Crippen molar-refractivity contribution in [3.8, 4) is 0 Å². The van der Waals surface area contributed by atoms with Gasteiger partial charge in [0.05, 0.1) is 5.02 Å². The molecule has 1 unspecified atom stereocenters. The van der Waals surface area contributed by atoms with Crippen LogP contribution >= 0.6 is 39.3 Å². The number of hydrogen-bond acceptors (Lipinski definition) is 2. The predicted octanol–water partition coefficient (Wildman–Crippen LogP) is 5.14. The Morgan fingerprint density at radius 2 is 1.95 bits per heavy atom. The highest BCUT2D eigenvalue weighted by atomic mass is 79.9. The SMILES string of the molecule is CC(N)Cc1cc(Br)ccc1Sc1ccccc1Cl. The predicted molar refractivity (Wildman–Crippen MR) is 87.1 cm³/mol.